The molecule has 3 aliphatic carbocycles. The van der Waals surface area contributed by atoms with Crippen molar-refractivity contribution in [1.29, 1.82) is 0 Å². The van der Waals surface area contributed by atoms with Crippen molar-refractivity contribution >= 4 is 50.0 Å². The summed E-state index contributed by atoms with van der Waals surface area (Å²) in [6, 6.07) is 9.12. The third-order valence-electron chi connectivity index (χ3n) is 8.94. The number of hydrogen-bond acceptors (Lipinski definition) is 8. The molecule has 1 aromatic carbocycles. The Hall–Kier alpha value is -4.03. The van der Waals surface area contributed by atoms with Gasteiger partial charge in [0.2, 0.25) is 0 Å². The highest BCUT2D eigenvalue weighted by atomic mass is 35.5. The van der Waals surface area contributed by atoms with Crippen molar-refractivity contribution in [3.8, 4) is 11.4 Å². The lowest BCUT2D eigenvalue weighted by Crippen LogP contribution is -2.52. The predicted octanol–water partition coefficient (Wildman–Crippen LogP) is 5.86. The maximum absolute atomic E-state index is 14.6. The van der Waals surface area contributed by atoms with Gasteiger partial charge in [-0.1, -0.05) is 29.3 Å². The summed E-state index contributed by atoms with van der Waals surface area (Å²) in [4.78, 5) is 22.2. The van der Waals surface area contributed by atoms with Crippen LogP contribution < -0.4 is 5.32 Å². The molecule has 228 valence electrons. The van der Waals surface area contributed by atoms with E-state index in [9.17, 15) is 17.6 Å². The number of rotatable bonds is 7. The van der Waals surface area contributed by atoms with Crippen LogP contribution in [0.5, 0.6) is 0 Å². The molecular weight excluding hydrogens is 607 g/mol. The third-order valence-corrected chi connectivity index (χ3v) is 10.9. The number of benzene rings is 1. The Morgan fingerprint density at radius 2 is 1.86 bits per heavy atom. The highest BCUT2D eigenvalue weighted by Gasteiger charge is 2.48. The van der Waals surface area contributed by atoms with Crippen molar-refractivity contribution in [3.63, 3.8) is 0 Å². The number of nitrogens with one attached hydrogen (secondary N) is 1. The molecule has 3 aliphatic rings. The summed E-state index contributed by atoms with van der Waals surface area (Å²) in [6.07, 6.45) is 7.92. The zero-order valence-electron chi connectivity index (χ0n) is 24.1. The molecule has 3 saturated carbocycles. The first-order valence-corrected chi connectivity index (χ1v) is 16.4. The Morgan fingerprint density at radius 3 is 2.59 bits per heavy atom. The molecule has 10 nitrogen and oxygen atoms in total. The number of hydrogen-bond donors (Lipinski definition) is 1. The highest BCUT2D eigenvalue weighted by molar-refractivity contribution is 7.90. The van der Waals surface area contributed by atoms with Crippen LogP contribution in [0.15, 0.2) is 59.9 Å². The topological polar surface area (TPSA) is 120 Å². The third kappa shape index (κ3) is 4.71. The SMILES string of the molecule is CCOC(=O)[C@@H]1C2CCC(CC2)[C@H]1Nc1nc(-c2cn(S(=O)(=O)c3ccc(C)cc3)c3ncc(F)cc23)nn2ccc(Cl)c12. The quantitative estimate of drug-likeness (QED) is 0.221. The van der Waals surface area contributed by atoms with Crippen LogP contribution in [0.3, 0.4) is 0 Å². The normalized spacial score (nSPS) is 21.6. The van der Waals surface area contributed by atoms with Gasteiger partial charge in [0.05, 0.1) is 28.6 Å². The molecule has 8 rings (SSSR count). The van der Waals surface area contributed by atoms with Gasteiger partial charge in [0.15, 0.2) is 17.3 Å². The van der Waals surface area contributed by atoms with Crippen molar-refractivity contribution in [2.24, 2.45) is 17.8 Å². The number of halogens is 2. The van der Waals surface area contributed by atoms with Gasteiger partial charge in [0, 0.05) is 29.4 Å². The summed E-state index contributed by atoms with van der Waals surface area (Å²) < 4.78 is 50.2. The van der Waals surface area contributed by atoms with Gasteiger partial charge in [-0.15, -0.1) is 5.10 Å². The Kier molecular flexibility index (Phi) is 7.08. The summed E-state index contributed by atoms with van der Waals surface area (Å²) in [5.74, 6) is -0.230. The van der Waals surface area contributed by atoms with Crippen LogP contribution in [0, 0.1) is 30.5 Å². The number of esters is 1. The fourth-order valence-electron chi connectivity index (χ4n) is 6.83. The smallest absolute Gasteiger partial charge is 0.311 e. The van der Waals surface area contributed by atoms with Crippen LogP contribution in [0.4, 0.5) is 10.2 Å². The van der Waals surface area contributed by atoms with E-state index in [0.717, 1.165) is 41.4 Å². The maximum Gasteiger partial charge on any atom is 0.311 e. The van der Waals surface area contributed by atoms with Gasteiger partial charge in [0.25, 0.3) is 10.0 Å². The summed E-state index contributed by atoms with van der Waals surface area (Å²) >= 11 is 6.60. The zero-order valence-corrected chi connectivity index (χ0v) is 25.6. The lowest BCUT2D eigenvalue weighted by atomic mass is 9.61. The van der Waals surface area contributed by atoms with Crippen molar-refractivity contribution < 1.29 is 22.3 Å². The number of fused-ring (bicyclic) bond motifs is 5. The van der Waals surface area contributed by atoms with Crippen LogP contribution in [-0.2, 0) is 19.6 Å². The minimum Gasteiger partial charge on any atom is -0.466 e. The summed E-state index contributed by atoms with van der Waals surface area (Å²) in [7, 11) is -4.10. The van der Waals surface area contributed by atoms with Gasteiger partial charge in [0.1, 0.15) is 11.3 Å². The van der Waals surface area contributed by atoms with Crippen molar-refractivity contribution in [1.82, 2.24) is 23.6 Å². The average molecular weight is 637 g/mol. The highest BCUT2D eigenvalue weighted by Crippen LogP contribution is 2.47. The molecule has 2 atom stereocenters. The van der Waals surface area contributed by atoms with E-state index >= 15 is 0 Å². The van der Waals surface area contributed by atoms with Crippen molar-refractivity contribution in [2.45, 2.75) is 50.5 Å². The van der Waals surface area contributed by atoms with E-state index < -0.39 is 15.8 Å². The predicted molar refractivity (Wildman–Crippen MR) is 163 cm³/mol. The monoisotopic (exact) mass is 636 g/mol. The number of aromatic nitrogens is 5. The van der Waals surface area contributed by atoms with Gasteiger partial charge in [-0.25, -0.2) is 31.3 Å². The molecule has 0 aliphatic heterocycles. The van der Waals surface area contributed by atoms with Gasteiger partial charge < -0.3 is 10.1 Å². The molecule has 5 aromatic rings. The van der Waals surface area contributed by atoms with Gasteiger partial charge >= 0.3 is 5.97 Å². The Morgan fingerprint density at radius 1 is 1.14 bits per heavy atom. The molecule has 4 heterocycles. The maximum atomic E-state index is 14.6. The molecule has 4 aromatic heterocycles. The number of carbonyl (C=O) groups excluding carboxylic acids is 1. The number of aryl methyl sites for hydroxylation is 1. The number of carbonyl (C=O) groups is 1. The fraction of sp³-hybridized carbons (Fsp3) is 0.355. The lowest BCUT2D eigenvalue weighted by molar-refractivity contribution is -0.154. The zero-order chi connectivity index (χ0) is 30.7. The number of ether oxygens (including phenoxy) is 1. The van der Waals surface area contributed by atoms with Gasteiger partial charge in [-0.3, -0.25) is 4.79 Å². The average Bonchev–Trinajstić information content (AvgIpc) is 3.58. The summed E-state index contributed by atoms with van der Waals surface area (Å²) in [6.45, 7) is 3.96. The van der Waals surface area contributed by atoms with Gasteiger partial charge in [-0.2, -0.15) is 0 Å². The Balaban J connectivity index is 1.38. The standard InChI is InChI=1S/C31H30ClFN6O4S/c1-3-43-31(40)25-18-6-8-19(9-7-18)26(25)35-29-27-24(32)12-13-38(27)37-28(36-29)23-16-39(30-22(23)14-20(33)15-34-30)44(41,42)21-10-4-17(2)5-11-21/h4-5,10-16,18-19,25-26H,3,6-9H2,1-2H3,(H,35,36,37)/t18?,19?,25-,26-/m1/s1. The molecular formula is C31H30ClFN6O4S. The first-order valence-electron chi connectivity index (χ1n) is 14.6. The molecule has 44 heavy (non-hydrogen) atoms. The number of anilines is 1. The van der Waals surface area contributed by atoms with Crippen molar-refractivity contribution in [3.05, 3.63) is 71.4 Å². The van der Waals surface area contributed by atoms with E-state index in [1.54, 1.807) is 35.8 Å². The van der Waals surface area contributed by atoms with E-state index in [2.05, 4.69) is 15.4 Å². The van der Waals surface area contributed by atoms with Crippen molar-refractivity contribution in [2.75, 3.05) is 11.9 Å². The second-order valence-electron chi connectivity index (χ2n) is 11.5. The minimum atomic E-state index is -4.10. The van der Waals surface area contributed by atoms with E-state index in [0.29, 0.717) is 23.0 Å². The molecule has 0 radical (unpaired) electrons. The molecule has 0 spiro atoms. The molecule has 2 bridgehead atoms. The van der Waals surface area contributed by atoms with Crippen LogP contribution in [0.1, 0.15) is 38.2 Å². The van der Waals surface area contributed by atoms with Crippen LogP contribution in [-0.4, -0.2) is 50.6 Å². The van der Waals surface area contributed by atoms with Crippen LogP contribution in [0.25, 0.3) is 27.9 Å². The molecule has 0 saturated heterocycles. The van der Waals surface area contributed by atoms with Gasteiger partial charge in [-0.05, 0) is 75.6 Å². The molecule has 3 fully saturated rings. The molecule has 0 amide bonds. The van der Waals surface area contributed by atoms with E-state index in [4.69, 9.17) is 21.3 Å². The Bertz CT molecular complexity index is 2020. The fourth-order valence-corrected chi connectivity index (χ4v) is 8.39. The largest absolute Gasteiger partial charge is 0.466 e. The van der Waals surface area contributed by atoms with E-state index in [1.165, 1.54) is 24.4 Å². The second kappa shape index (κ2) is 10.8. The van der Waals surface area contributed by atoms with E-state index in [-0.39, 0.29) is 57.1 Å². The lowest BCUT2D eigenvalue weighted by Gasteiger charge is -2.47. The Labute approximate surface area is 258 Å². The summed E-state index contributed by atoms with van der Waals surface area (Å²) in [5.41, 5.74) is 1.73. The second-order valence-corrected chi connectivity index (χ2v) is 13.8. The molecule has 0 unspecified atom stereocenters. The van der Waals surface area contributed by atoms with Crippen LogP contribution in [0.2, 0.25) is 5.02 Å². The first kappa shape index (κ1) is 28.7. The minimum absolute atomic E-state index is 0.0395. The number of nitrogens with zero attached hydrogens (tertiary/aromatic N) is 5. The molecule has 1 N–H and O–H groups in total. The first-order chi connectivity index (χ1) is 21.2. The summed E-state index contributed by atoms with van der Waals surface area (Å²) in [5, 5.41) is 8.81. The van der Waals surface area contributed by atoms with Crippen LogP contribution >= 0.6 is 11.6 Å². The molecule has 13 heteroatoms. The van der Waals surface area contributed by atoms with E-state index in [1.807, 2.05) is 6.92 Å². The number of pyridine rings is 1.